The van der Waals surface area contributed by atoms with E-state index >= 15 is 0 Å². The summed E-state index contributed by atoms with van der Waals surface area (Å²) < 4.78 is 2.45. The van der Waals surface area contributed by atoms with Crippen molar-refractivity contribution in [2.75, 3.05) is 25.4 Å². The van der Waals surface area contributed by atoms with E-state index in [0.717, 1.165) is 30.8 Å². The van der Waals surface area contributed by atoms with Gasteiger partial charge in [-0.15, -0.1) is 0 Å². The van der Waals surface area contributed by atoms with Crippen molar-refractivity contribution in [3.05, 3.63) is 24.0 Å². The molecule has 21 heavy (non-hydrogen) atoms. The van der Waals surface area contributed by atoms with Crippen LogP contribution in [0.4, 0.5) is 5.69 Å². The van der Waals surface area contributed by atoms with Crippen molar-refractivity contribution in [2.24, 2.45) is 0 Å². The summed E-state index contributed by atoms with van der Waals surface area (Å²) in [7, 11) is 0. The van der Waals surface area contributed by atoms with Crippen LogP contribution in [0.3, 0.4) is 0 Å². The summed E-state index contributed by atoms with van der Waals surface area (Å²) in [4.78, 5) is 7.36. The molecule has 1 aromatic heterocycles. The van der Waals surface area contributed by atoms with Crippen LogP contribution in [0.25, 0.3) is 11.0 Å². The number of hydrogen-bond donors (Lipinski definition) is 1. The summed E-state index contributed by atoms with van der Waals surface area (Å²) >= 11 is 0. The van der Waals surface area contributed by atoms with Crippen molar-refractivity contribution in [3.8, 4) is 0 Å². The minimum Gasteiger partial charge on any atom is -0.399 e. The summed E-state index contributed by atoms with van der Waals surface area (Å²) in [5.74, 6) is 1.91. The molecule has 3 rings (SSSR count). The van der Waals surface area contributed by atoms with Gasteiger partial charge in [-0.25, -0.2) is 4.98 Å². The van der Waals surface area contributed by atoms with Gasteiger partial charge in [-0.05, 0) is 51.1 Å². The fourth-order valence-electron chi connectivity index (χ4n) is 3.16. The van der Waals surface area contributed by atoms with Gasteiger partial charge in [0, 0.05) is 24.2 Å². The van der Waals surface area contributed by atoms with Crippen molar-refractivity contribution in [1.82, 2.24) is 14.5 Å². The first-order valence-electron chi connectivity index (χ1n) is 8.13. The lowest BCUT2D eigenvalue weighted by atomic mass is 10.2. The van der Waals surface area contributed by atoms with Crippen molar-refractivity contribution >= 4 is 16.7 Å². The van der Waals surface area contributed by atoms with Crippen LogP contribution in [-0.2, 0) is 0 Å². The second-order valence-electron chi connectivity index (χ2n) is 6.20. The molecular weight excluding hydrogens is 260 g/mol. The Morgan fingerprint density at radius 2 is 2.05 bits per heavy atom. The number of rotatable bonds is 6. The molecule has 0 amide bonds. The van der Waals surface area contributed by atoms with E-state index in [-0.39, 0.29) is 0 Å². The molecule has 1 heterocycles. The fraction of sp³-hybridized carbons (Fsp3) is 0.588. The summed E-state index contributed by atoms with van der Waals surface area (Å²) in [6.07, 6.45) is 2.55. The van der Waals surface area contributed by atoms with Crippen molar-refractivity contribution in [3.63, 3.8) is 0 Å². The lowest BCUT2D eigenvalue weighted by molar-refractivity contribution is 0.261. The Bertz CT molecular complexity index is 623. The number of hydrogen-bond acceptors (Lipinski definition) is 3. The summed E-state index contributed by atoms with van der Waals surface area (Å²) in [5.41, 5.74) is 8.99. The lowest BCUT2D eigenvalue weighted by Gasteiger charge is -2.25. The summed E-state index contributed by atoms with van der Waals surface area (Å²) in [6.45, 7) is 10.0. The third-order valence-electron chi connectivity index (χ3n) is 4.54. The quantitative estimate of drug-likeness (QED) is 0.828. The molecule has 1 unspecified atom stereocenters. The van der Waals surface area contributed by atoms with Gasteiger partial charge in [0.25, 0.3) is 0 Å². The summed E-state index contributed by atoms with van der Waals surface area (Å²) in [6, 6.07) is 6.56. The topological polar surface area (TPSA) is 47.1 Å². The molecule has 0 radical (unpaired) electrons. The summed E-state index contributed by atoms with van der Waals surface area (Å²) in [5, 5.41) is 0. The number of benzene rings is 1. The zero-order valence-electron chi connectivity index (χ0n) is 13.3. The predicted octanol–water partition coefficient (Wildman–Crippen LogP) is 3.40. The number of nitrogens with two attached hydrogens (primary N) is 1. The van der Waals surface area contributed by atoms with E-state index in [4.69, 9.17) is 10.7 Å². The minimum atomic E-state index is 0.439. The molecule has 0 aliphatic heterocycles. The van der Waals surface area contributed by atoms with Crippen LogP contribution in [-0.4, -0.2) is 34.1 Å². The van der Waals surface area contributed by atoms with Crippen molar-refractivity contribution < 1.29 is 0 Å². The van der Waals surface area contributed by atoms with Crippen LogP contribution in [0.5, 0.6) is 0 Å². The molecular formula is C17H26N4. The van der Waals surface area contributed by atoms with Crippen molar-refractivity contribution in [1.29, 1.82) is 0 Å². The van der Waals surface area contributed by atoms with E-state index < -0.39 is 0 Å². The third kappa shape index (κ3) is 2.77. The van der Waals surface area contributed by atoms with E-state index in [9.17, 15) is 0 Å². The molecule has 1 atom stereocenters. The van der Waals surface area contributed by atoms with Crippen LogP contribution in [0.1, 0.15) is 51.4 Å². The smallest absolute Gasteiger partial charge is 0.113 e. The van der Waals surface area contributed by atoms with Gasteiger partial charge < -0.3 is 15.2 Å². The van der Waals surface area contributed by atoms with Gasteiger partial charge in [0.15, 0.2) is 0 Å². The molecule has 1 aliphatic carbocycles. The van der Waals surface area contributed by atoms with Gasteiger partial charge in [0.1, 0.15) is 5.82 Å². The van der Waals surface area contributed by atoms with E-state index in [1.54, 1.807) is 0 Å². The number of nitrogen functional groups attached to an aromatic ring is 1. The second-order valence-corrected chi connectivity index (χ2v) is 6.20. The first-order valence-corrected chi connectivity index (χ1v) is 8.13. The highest BCUT2D eigenvalue weighted by atomic mass is 15.2. The number of aromatic nitrogens is 2. The molecule has 114 valence electrons. The van der Waals surface area contributed by atoms with Crippen LogP contribution < -0.4 is 5.73 Å². The van der Waals surface area contributed by atoms with Crippen LogP contribution in [0.2, 0.25) is 0 Å². The molecule has 1 aromatic carbocycles. The molecule has 2 aromatic rings. The number of anilines is 1. The fourth-order valence-corrected chi connectivity index (χ4v) is 3.16. The largest absolute Gasteiger partial charge is 0.399 e. The highest BCUT2D eigenvalue weighted by Crippen LogP contribution is 2.42. The highest BCUT2D eigenvalue weighted by Gasteiger charge is 2.31. The monoisotopic (exact) mass is 286 g/mol. The zero-order chi connectivity index (χ0) is 15.0. The van der Waals surface area contributed by atoms with Crippen LogP contribution >= 0.6 is 0 Å². The number of nitrogens with zero attached hydrogens (tertiary/aromatic N) is 3. The maximum atomic E-state index is 5.92. The SMILES string of the molecule is CCN(CC)CC(C)n1c(C2CC2)nc2cc(N)ccc21. The molecule has 0 bridgehead atoms. The van der Waals surface area contributed by atoms with Crippen LogP contribution in [0, 0.1) is 0 Å². The molecule has 1 fully saturated rings. The minimum absolute atomic E-state index is 0.439. The predicted molar refractivity (Wildman–Crippen MR) is 88.6 cm³/mol. The van der Waals surface area contributed by atoms with E-state index in [0.29, 0.717) is 12.0 Å². The number of likely N-dealkylation sites (N-methyl/N-ethyl adjacent to an activating group) is 1. The maximum absolute atomic E-state index is 5.92. The van der Waals surface area contributed by atoms with Crippen LogP contribution in [0.15, 0.2) is 18.2 Å². The molecule has 2 N–H and O–H groups in total. The van der Waals surface area contributed by atoms with E-state index in [1.165, 1.54) is 24.2 Å². The van der Waals surface area contributed by atoms with Crippen molar-refractivity contribution in [2.45, 2.75) is 45.6 Å². The second kappa shape index (κ2) is 5.68. The Morgan fingerprint density at radius 1 is 1.33 bits per heavy atom. The molecule has 1 saturated carbocycles. The Balaban J connectivity index is 2.00. The molecule has 4 nitrogen and oxygen atoms in total. The maximum Gasteiger partial charge on any atom is 0.113 e. The Morgan fingerprint density at radius 3 is 2.67 bits per heavy atom. The van der Waals surface area contributed by atoms with E-state index in [2.05, 4.69) is 36.3 Å². The number of imidazole rings is 1. The molecule has 1 aliphatic rings. The van der Waals surface area contributed by atoms with Gasteiger partial charge in [-0.2, -0.15) is 0 Å². The first kappa shape index (κ1) is 14.4. The van der Waals surface area contributed by atoms with Gasteiger partial charge in [0.2, 0.25) is 0 Å². The normalized spacial score (nSPS) is 16.8. The first-order chi connectivity index (χ1) is 10.1. The molecule has 0 saturated heterocycles. The standard InChI is InChI=1S/C17H26N4/c1-4-20(5-2)11-12(3)21-16-9-8-14(18)10-15(16)19-17(21)13-6-7-13/h8-10,12-13H,4-7,11,18H2,1-3H3. The van der Waals surface area contributed by atoms with Gasteiger partial charge >= 0.3 is 0 Å². The molecule has 0 spiro atoms. The average Bonchev–Trinajstić information content (AvgIpc) is 3.25. The lowest BCUT2D eigenvalue weighted by Crippen LogP contribution is -2.30. The average molecular weight is 286 g/mol. The Labute approximate surface area is 126 Å². The number of fused-ring (bicyclic) bond motifs is 1. The Kier molecular flexibility index (Phi) is 3.89. The van der Waals surface area contributed by atoms with Gasteiger partial charge in [-0.1, -0.05) is 13.8 Å². The van der Waals surface area contributed by atoms with Gasteiger partial charge in [-0.3, -0.25) is 0 Å². The third-order valence-corrected chi connectivity index (χ3v) is 4.54. The highest BCUT2D eigenvalue weighted by molar-refractivity contribution is 5.80. The van der Waals surface area contributed by atoms with E-state index in [1.807, 2.05) is 12.1 Å². The molecule has 4 heteroatoms. The Hall–Kier alpha value is -1.55. The zero-order valence-corrected chi connectivity index (χ0v) is 13.3. The van der Waals surface area contributed by atoms with Gasteiger partial charge in [0.05, 0.1) is 11.0 Å².